The molecule has 0 atom stereocenters. The summed E-state index contributed by atoms with van der Waals surface area (Å²) < 4.78 is 27.4. The minimum Gasteiger partial charge on any atom is -0.277 e. The minimum atomic E-state index is -4.14. The smallest absolute Gasteiger partial charge is 0.277 e. The quantitative estimate of drug-likeness (QED) is 0.580. The zero-order valence-corrected chi connectivity index (χ0v) is 12.4. The number of nitrogens with one attached hydrogen (secondary N) is 1. The number of hydrogen-bond donors (Lipinski definition) is 1. The number of nitrogens with zero attached hydrogens (tertiary/aromatic N) is 3. The highest BCUT2D eigenvalue weighted by Gasteiger charge is 2.25. The van der Waals surface area contributed by atoms with Crippen molar-refractivity contribution in [1.82, 2.24) is 9.97 Å². The number of aromatic nitrogens is 2. The lowest BCUT2D eigenvalue weighted by molar-refractivity contribution is -0.387. The van der Waals surface area contributed by atoms with Gasteiger partial charge in [0, 0.05) is 18.5 Å². The first-order valence-electron chi connectivity index (χ1n) is 6.45. The van der Waals surface area contributed by atoms with E-state index in [0.29, 0.717) is 11.0 Å². The summed E-state index contributed by atoms with van der Waals surface area (Å²) in [7, 11) is -4.14. The molecule has 1 aromatic heterocycles. The van der Waals surface area contributed by atoms with Crippen LogP contribution in [0.3, 0.4) is 0 Å². The molecule has 0 fully saturated rings. The number of sulfonamides is 1. The number of hydrogen-bond acceptors (Lipinski definition) is 6. The topological polar surface area (TPSA) is 115 Å². The summed E-state index contributed by atoms with van der Waals surface area (Å²) in [5.41, 5.74) is 0.576. The summed E-state index contributed by atoms with van der Waals surface area (Å²) >= 11 is 0. The fourth-order valence-corrected chi connectivity index (χ4v) is 3.35. The van der Waals surface area contributed by atoms with Crippen molar-refractivity contribution < 1.29 is 13.3 Å². The summed E-state index contributed by atoms with van der Waals surface area (Å²) in [4.78, 5) is 18.1. The Hall–Kier alpha value is -3.07. The Bertz CT molecular complexity index is 999. The van der Waals surface area contributed by atoms with Gasteiger partial charge in [-0.2, -0.15) is 0 Å². The van der Waals surface area contributed by atoms with E-state index in [4.69, 9.17) is 0 Å². The van der Waals surface area contributed by atoms with Crippen LogP contribution < -0.4 is 4.72 Å². The molecule has 0 saturated carbocycles. The van der Waals surface area contributed by atoms with E-state index in [2.05, 4.69) is 14.7 Å². The second-order valence-electron chi connectivity index (χ2n) is 4.56. The van der Waals surface area contributed by atoms with Gasteiger partial charge in [-0.1, -0.05) is 18.2 Å². The first-order chi connectivity index (χ1) is 11.0. The van der Waals surface area contributed by atoms with Gasteiger partial charge >= 0.3 is 0 Å². The van der Waals surface area contributed by atoms with E-state index in [1.54, 1.807) is 12.1 Å². The van der Waals surface area contributed by atoms with Crippen molar-refractivity contribution in [3.8, 4) is 0 Å². The van der Waals surface area contributed by atoms with Crippen LogP contribution in [0.4, 0.5) is 11.4 Å². The highest BCUT2D eigenvalue weighted by Crippen LogP contribution is 2.27. The SMILES string of the molecule is O=[N+]([O-])c1ccccc1S(=O)(=O)Nc1cccc2nccnc12. The van der Waals surface area contributed by atoms with Gasteiger partial charge in [0.25, 0.3) is 15.7 Å². The number of anilines is 1. The van der Waals surface area contributed by atoms with Gasteiger partial charge in [-0.3, -0.25) is 24.8 Å². The van der Waals surface area contributed by atoms with Crippen molar-refractivity contribution in [3.05, 3.63) is 65.0 Å². The molecule has 3 aromatic rings. The van der Waals surface area contributed by atoms with E-state index < -0.39 is 25.5 Å². The summed E-state index contributed by atoms with van der Waals surface area (Å²) in [6.07, 6.45) is 2.92. The lowest BCUT2D eigenvalue weighted by Crippen LogP contribution is -2.15. The minimum absolute atomic E-state index is 0.203. The van der Waals surface area contributed by atoms with Crippen LogP contribution in [-0.4, -0.2) is 23.3 Å². The molecule has 0 aliphatic carbocycles. The average Bonchev–Trinajstić information content (AvgIpc) is 2.55. The molecule has 0 bridgehead atoms. The van der Waals surface area contributed by atoms with Gasteiger partial charge in [0.05, 0.1) is 16.1 Å². The maximum Gasteiger partial charge on any atom is 0.289 e. The van der Waals surface area contributed by atoms with Gasteiger partial charge in [-0.25, -0.2) is 8.42 Å². The van der Waals surface area contributed by atoms with Gasteiger partial charge in [0.2, 0.25) is 0 Å². The van der Waals surface area contributed by atoms with Crippen molar-refractivity contribution in [2.75, 3.05) is 4.72 Å². The fraction of sp³-hybridized carbons (Fsp3) is 0. The van der Waals surface area contributed by atoms with Crippen LogP contribution in [0.1, 0.15) is 0 Å². The maximum absolute atomic E-state index is 12.5. The standard InChI is InChI=1S/C14H10N4O4S/c19-18(20)12-6-1-2-7-13(12)23(21,22)17-11-5-3-4-10-14(11)16-9-8-15-10/h1-9,17H. The second kappa shape index (κ2) is 5.61. The van der Waals surface area contributed by atoms with E-state index in [9.17, 15) is 18.5 Å². The van der Waals surface area contributed by atoms with Crippen LogP contribution in [0.25, 0.3) is 11.0 Å². The first kappa shape index (κ1) is 14.9. The Morgan fingerprint density at radius 2 is 1.74 bits per heavy atom. The van der Waals surface area contributed by atoms with E-state index in [0.717, 1.165) is 6.07 Å². The fourth-order valence-electron chi connectivity index (χ4n) is 2.11. The maximum atomic E-state index is 12.5. The summed E-state index contributed by atoms with van der Waals surface area (Å²) in [5.74, 6) is 0. The molecule has 1 N–H and O–H groups in total. The molecule has 8 nitrogen and oxygen atoms in total. The Morgan fingerprint density at radius 1 is 1.00 bits per heavy atom. The predicted molar refractivity (Wildman–Crippen MR) is 83.4 cm³/mol. The van der Waals surface area contributed by atoms with Crippen LogP contribution in [0, 0.1) is 10.1 Å². The second-order valence-corrected chi connectivity index (χ2v) is 6.21. The molecule has 116 valence electrons. The molecule has 9 heteroatoms. The van der Waals surface area contributed by atoms with Gasteiger partial charge in [-0.05, 0) is 18.2 Å². The van der Waals surface area contributed by atoms with Gasteiger partial charge < -0.3 is 0 Å². The molecule has 0 saturated heterocycles. The van der Waals surface area contributed by atoms with Crippen LogP contribution >= 0.6 is 0 Å². The number of para-hydroxylation sites is 2. The third kappa shape index (κ3) is 2.81. The molecule has 23 heavy (non-hydrogen) atoms. The number of nitro groups is 1. The molecule has 0 radical (unpaired) electrons. The summed E-state index contributed by atoms with van der Waals surface area (Å²) in [6.45, 7) is 0. The van der Waals surface area contributed by atoms with Crippen LogP contribution in [0.15, 0.2) is 59.8 Å². The lowest BCUT2D eigenvalue weighted by atomic mass is 10.2. The summed E-state index contributed by atoms with van der Waals surface area (Å²) in [6, 6.07) is 9.96. The van der Waals surface area contributed by atoms with Crippen LogP contribution in [-0.2, 0) is 10.0 Å². The zero-order chi connectivity index (χ0) is 16.4. The molecule has 2 aromatic carbocycles. The van der Waals surface area contributed by atoms with E-state index in [-0.39, 0.29) is 5.69 Å². The van der Waals surface area contributed by atoms with Crippen molar-refractivity contribution >= 4 is 32.4 Å². The van der Waals surface area contributed by atoms with E-state index >= 15 is 0 Å². The van der Waals surface area contributed by atoms with Crippen molar-refractivity contribution in [1.29, 1.82) is 0 Å². The number of fused-ring (bicyclic) bond motifs is 1. The highest BCUT2D eigenvalue weighted by atomic mass is 32.2. The van der Waals surface area contributed by atoms with Gasteiger partial charge in [-0.15, -0.1) is 0 Å². The molecular weight excluding hydrogens is 320 g/mol. The summed E-state index contributed by atoms with van der Waals surface area (Å²) in [5, 5.41) is 11.0. The Kier molecular flexibility index (Phi) is 3.62. The van der Waals surface area contributed by atoms with E-state index in [1.807, 2.05) is 0 Å². The molecule has 1 heterocycles. The third-order valence-corrected chi connectivity index (χ3v) is 4.51. The molecule has 0 amide bonds. The zero-order valence-electron chi connectivity index (χ0n) is 11.6. The number of rotatable bonds is 4. The predicted octanol–water partition coefficient (Wildman–Crippen LogP) is 2.34. The Balaban J connectivity index is 2.10. The Morgan fingerprint density at radius 3 is 2.52 bits per heavy atom. The van der Waals surface area contributed by atoms with E-state index in [1.165, 1.54) is 36.7 Å². The highest BCUT2D eigenvalue weighted by molar-refractivity contribution is 7.92. The molecule has 0 unspecified atom stereocenters. The third-order valence-electron chi connectivity index (χ3n) is 3.09. The van der Waals surface area contributed by atoms with Crippen molar-refractivity contribution in [3.63, 3.8) is 0 Å². The van der Waals surface area contributed by atoms with Crippen molar-refractivity contribution in [2.45, 2.75) is 4.90 Å². The van der Waals surface area contributed by atoms with Crippen LogP contribution in [0.5, 0.6) is 0 Å². The monoisotopic (exact) mass is 330 g/mol. The molecule has 0 aliphatic rings. The molecular formula is C14H10N4O4S. The van der Waals surface area contributed by atoms with Crippen LogP contribution in [0.2, 0.25) is 0 Å². The molecule has 3 rings (SSSR count). The van der Waals surface area contributed by atoms with Gasteiger partial charge in [0.1, 0.15) is 5.52 Å². The average molecular weight is 330 g/mol. The first-order valence-corrected chi connectivity index (χ1v) is 7.93. The van der Waals surface area contributed by atoms with Crippen molar-refractivity contribution in [2.24, 2.45) is 0 Å². The lowest BCUT2D eigenvalue weighted by Gasteiger charge is -2.09. The Labute approximate surface area is 131 Å². The number of benzene rings is 2. The number of nitro benzene ring substituents is 1. The normalized spacial score (nSPS) is 11.3. The molecule has 0 aliphatic heterocycles. The largest absolute Gasteiger partial charge is 0.289 e. The molecule has 0 spiro atoms. The van der Waals surface area contributed by atoms with Gasteiger partial charge in [0.15, 0.2) is 4.90 Å².